The van der Waals surface area contributed by atoms with Crippen molar-refractivity contribution in [1.29, 1.82) is 0 Å². The maximum absolute atomic E-state index is 15.6. The standard InChI is InChI=1S/C20H28BBrFNO3/c1-19(2)20(3,4)27-21(26-19)18(23)17(14-5-7-15(22)8-6-14)13-24-11-9-16(25)10-12-24/h5-8,16,25H,9-13H2,1-4H3. The molecule has 0 aromatic heterocycles. The zero-order valence-electron chi connectivity index (χ0n) is 16.5. The van der Waals surface area contributed by atoms with E-state index in [2.05, 4.69) is 20.8 Å². The van der Waals surface area contributed by atoms with Crippen LogP contribution < -0.4 is 0 Å². The molecule has 0 radical (unpaired) electrons. The van der Waals surface area contributed by atoms with E-state index >= 15 is 4.39 Å². The van der Waals surface area contributed by atoms with E-state index in [1.165, 1.54) is 0 Å². The van der Waals surface area contributed by atoms with Crippen LogP contribution in [0.4, 0.5) is 4.39 Å². The molecule has 0 spiro atoms. The zero-order chi connectivity index (χ0) is 19.8. The number of hydrogen-bond acceptors (Lipinski definition) is 4. The lowest BCUT2D eigenvalue weighted by molar-refractivity contribution is 0.00578. The van der Waals surface area contributed by atoms with Crippen LogP contribution in [0, 0.1) is 0 Å². The minimum Gasteiger partial charge on any atom is -0.398 e. The van der Waals surface area contributed by atoms with Crippen LogP contribution in [0.25, 0.3) is 5.57 Å². The summed E-state index contributed by atoms with van der Waals surface area (Å²) in [6, 6.07) is 7.63. The molecule has 2 aliphatic heterocycles. The molecule has 2 aliphatic rings. The molecule has 0 amide bonds. The maximum Gasteiger partial charge on any atom is 0.525 e. The van der Waals surface area contributed by atoms with Crippen LogP contribution in [-0.4, -0.2) is 54.1 Å². The molecule has 4 nitrogen and oxygen atoms in total. The number of halogens is 2. The highest BCUT2D eigenvalue weighted by atomic mass is 79.9. The maximum atomic E-state index is 15.6. The minimum atomic E-state index is -1.01. The molecule has 0 atom stereocenters. The topological polar surface area (TPSA) is 41.9 Å². The summed E-state index contributed by atoms with van der Waals surface area (Å²) in [5.74, 6) is 0. The van der Waals surface area contributed by atoms with E-state index in [1.807, 2.05) is 52.0 Å². The molecule has 1 aromatic carbocycles. The van der Waals surface area contributed by atoms with E-state index in [1.54, 1.807) is 0 Å². The van der Waals surface area contributed by atoms with Crippen LogP contribution in [0.1, 0.15) is 46.1 Å². The van der Waals surface area contributed by atoms with Gasteiger partial charge >= 0.3 is 7.12 Å². The van der Waals surface area contributed by atoms with Gasteiger partial charge in [0.15, 0.2) is 0 Å². The summed E-state index contributed by atoms with van der Waals surface area (Å²) in [4.78, 5) is 2.18. The van der Waals surface area contributed by atoms with Gasteiger partial charge in [0.1, 0.15) is 5.73 Å². The summed E-state index contributed by atoms with van der Waals surface area (Å²) < 4.78 is 28.4. The first-order valence-corrected chi connectivity index (χ1v) is 10.3. The fourth-order valence-electron chi connectivity index (χ4n) is 3.35. The minimum absolute atomic E-state index is 0.255. The monoisotopic (exact) mass is 439 g/mol. The molecule has 148 valence electrons. The number of aliphatic hydroxyl groups is 1. The third-order valence-electron chi connectivity index (χ3n) is 5.88. The molecule has 27 heavy (non-hydrogen) atoms. The Morgan fingerprint density at radius 1 is 1.15 bits per heavy atom. The van der Waals surface area contributed by atoms with Gasteiger partial charge in [0.25, 0.3) is 0 Å². The Balaban J connectivity index is 1.91. The lowest BCUT2D eigenvalue weighted by Crippen LogP contribution is -2.41. The third kappa shape index (κ3) is 4.65. The average Bonchev–Trinajstić information content (AvgIpc) is 2.82. The fraction of sp³-hybridized carbons (Fsp3) is 0.600. The lowest BCUT2D eigenvalue weighted by atomic mass is 9.82. The predicted octanol–water partition coefficient (Wildman–Crippen LogP) is 4.22. The smallest absolute Gasteiger partial charge is 0.398 e. The number of likely N-dealkylation sites (tertiary alicyclic amines) is 1. The Morgan fingerprint density at radius 3 is 2.19 bits per heavy atom. The molecule has 3 rings (SSSR count). The first kappa shape index (κ1) is 21.0. The highest BCUT2D eigenvalue weighted by Crippen LogP contribution is 2.40. The lowest BCUT2D eigenvalue weighted by Gasteiger charge is -2.32. The van der Waals surface area contributed by atoms with Gasteiger partial charge in [0.05, 0.1) is 17.3 Å². The van der Waals surface area contributed by atoms with Gasteiger partial charge in [-0.3, -0.25) is 4.90 Å². The van der Waals surface area contributed by atoms with Crippen LogP contribution in [0.15, 0.2) is 34.5 Å². The van der Waals surface area contributed by atoms with Crippen molar-refractivity contribution in [2.75, 3.05) is 19.6 Å². The fourth-order valence-corrected chi connectivity index (χ4v) is 3.61. The first-order chi connectivity index (χ1) is 12.6. The van der Waals surface area contributed by atoms with Crippen LogP contribution in [0.5, 0.6) is 0 Å². The van der Waals surface area contributed by atoms with Crippen LogP contribution >= 0.6 is 15.9 Å². The molecular weight excluding hydrogens is 412 g/mol. The molecule has 0 saturated carbocycles. The van der Waals surface area contributed by atoms with E-state index < -0.39 is 18.3 Å². The number of rotatable bonds is 4. The second-order valence-corrected chi connectivity index (χ2v) is 9.34. The van der Waals surface area contributed by atoms with Crippen molar-refractivity contribution in [1.82, 2.24) is 4.90 Å². The summed E-state index contributed by atoms with van der Waals surface area (Å²) in [5.41, 5.74) is -0.152. The Kier molecular flexibility index (Phi) is 6.18. The highest BCUT2D eigenvalue weighted by Gasteiger charge is 2.53. The molecular formula is C20H28BBrFNO3. The number of nitrogens with zero attached hydrogens (tertiary/aromatic N) is 1. The Labute approximate surface area is 170 Å². The Hall–Kier alpha value is -0.725. The van der Waals surface area contributed by atoms with E-state index in [0.717, 1.165) is 23.1 Å². The Morgan fingerprint density at radius 2 is 1.67 bits per heavy atom. The molecule has 0 aliphatic carbocycles. The molecule has 2 heterocycles. The predicted molar refractivity (Wildman–Crippen MR) is 110 cm³/mol. The van der Waals surface area contributed by atoms with Crippen molar-refractivity contribution in [2.24, 2.45) is 0 Å². The molecule has 7 heteroatoms. The van der Waals surface area contributed by atoms with Gasteiger partial charge < -0.3 is 14.4 Å². The third-order valence-corrected chi connectivity index (χ3v) is 6.41. The van der Waals surface area contributed by atoms with Crippen LogP contribution in [0.3, 0.4) is 0 Å². The number of aliphatic hydroxyl groups excluding tert-OH is 1. The number of benzene rings is 1. The van der Waals surface area contributed by atoms with Crippen molar-refractivity contribution >= 4 is 28.6 Å². The average molecular weight is 440 g/mol. The normalized spacial score (nSPS) is 24.2. The largest absolute Gasteiger partial charge is 0.525 e. The first-order valence-electron chi connectivity index (χ1n) is 9.49. The highest BCUT2D eigenvalue weighted by molar-refractivity contribution is 9.10. The summed E-state index contributed by atoms with van der Waals surface area (Å²) >= 11 is 3.44. The van der Waals surface area contributed by atoms with Crippen LogP contribution in [0.2, 0.25) is 0 Å². The van der Waals surface area contributed by atoms with Gasteiger partial charge in [-0.05, 0) is 58.2 Å². The second kappa shape index (κ2) is 7.95. The quantitative estimate of drug-likeness (QED) is 0.713. The van der Waals surface area contributed by atoms with Gasteiger partial charge in [-0.1, -0.05) is 28.1 Å². The van der Waals surface area contributed by atoms with Crippen molar-refractivity contribution in [3.05, 3.63) is 40.0 Å². The van der Waals surface area contributed by atoms with Crippen molar-refractivity contribution in [2.45, 2.75) is 57.8 Å². The molecule has 1 aromatic rings. The SMILES string of the molecule is CC1(C)OB(C(F)=C(CN2CCC(O)CC2)c2ccc(Br)cc2)OC1(C)C. The zero-order valence-corrected chi connectivity index (χ0v) is 18.1. The van der Waals surface area contributed by atoms with E-state index in [4.69, 9.17) is 9.31 Å². The van der Waals surface area contributed by atoms with Gasteiger partial charge in [-0.2, -0.15) is 0 Å². The number of hydrogen-bond donors (Lipinski definition) is 1. The summed E-state index contributed by atoms with van der Waals surface area (Å²) in [6.45, 7) is 9.65. The van der Waals surface area contributed by atoms with Crippen LogP contribution in [-0.2, 0) is 9.31 Å². The van der Waals surface area contributed by atoms with Crippen molar-refractivity contribution in [3.8, 4) is 0 Å². The summed E-state index contributed by atoms with van der Waals surface area (Å²) in [6.07, 6.45) is 1.17. The van der Waals surface area contributed by atoms with E-state index in [-0.39, 0.29) is 11.8 Å². The number of piperidine rings is 1. The van der Waals surface area contributed by atoms with Crippen molar-refractivity contribution in [3.63, 3.8) is 0 Å². The molecule has 1 N–H and O–H groups in total. The second-order valence-electron chi connectivity index (χ2n) is 8.43. The van der Waals surface area contributed by atoms with Gasteiger partial charge in [-0.25, -0.2) is 4.39 Å². The van der Waals surface area contributed by atoms with Gasteiger partial charge in [0, 0.05) is 29.7 Å². The Bertz CT molecular complexity index is 684. The van der Waals surface area contributed by atoms with E-state index in [9.17, 15) is 5.11 Å². The molecule has 2 fully saturated rings. The molecule has 2 saturated heterocycles. The van der Waals surface area contributed by atoms with E-state index in [0.29, 0.717) is 25.0 Å². The summed E-state index contributed by atoms with van der Waals surface area (Å²) in [7, 11) is -1.01. The van der Waals surface area contributed by atoms with Crippen molar-refractivity contribution < 1.29 is 18.8 Å². The van der Waals surface area contributed by atoms with Gasteiger partial charge in [0.2, 0.25) is 0 Å². The molecule has 0 bridgehead atoms. The molecule has 0 unspecified atom stereocenters. The summed E-state index contributed by atoms with van der Waals surface area (Å²) in [5, 5.41) is 9.75. The van der Waals surface area contributed by atoms with Gasteiger partial charge in [-0.15, -0.1) is 0 Å².